The van der Waals surface area contributed by atoms with E-state index >= 15 is 0 Å². The van der Waals surface area contributed by atoms with Gasteiger partial charge < -0.3 is 0 Å². The van der Waals surface area contributed by atoms with E-state index in [-0.39, 0.29) is 22.6 Å². The molecule has 220 valence electrons. The number of aromatic nitrogens is 2. The Morgan fingerprint density at radius 1 is 0.426 bits per heavy atom. The van der Waals surface area contributed by atoms with Crippen molar-refractivity contribution >= 4 is 32.6 Å². The van der Waals surface area contributed by atoms with E-state index in [1.807, 2.05) is 0 Å². The molecule has 0 aliphatic rings. The molecule has 47 heavy (non-hydrogen) atoms. The van der Waals surface area contributed by atoms with Crippen LogP contribution < -0.4 is 0 Å². The van der Waals surface area contributed by atoms with Crippen LogP contribution in [0.25, 0.3) is 83.0 Å². The van der Waals surface area contributed by atoms with Crippen molar-refractivity contribution in [3.05, 3.63) is 181 Å². The minimum Gasteiger partial charge on any atom is -0.292 e. The largest absolute Gasteiger partial charge is 0.292 e. The van der Waals surface area contributed by atoms with Crippen molar-refractivity contribution in [2.45, 2.75) is 0 Å². The zero-order valence-electron chi connectivity index (χ0n) is 46.0. The van der Waals surface area contributed by atoms with Crippen LogP contribution in [0.15, 0.2) is 181 Å². The molecule has 9 rings (SSSR count). The molecule has 0 saturated heterocycles. The lowest BCUT2D eigenvalue weighted by molar-refractivity contribution is 1.10. The number of hydrogen-bond acceptors (Lipinski definition) is 1. The molecule has 0 N–H and O–H groups in total. The number of rotatable bonds is 5. The van der Waals surface area contributed by atoms with Crippen molar-refractivity contribution in [1.82, 2.24) is 9.55 Å². The second-order valence-corrected chi connectivity index (χ2v) is 10.3. The molecule has 0 saturated carbocycles. The summed E-state index contributed by atoms with van der Waals surface area (Å²) in [5.74, 6) is 0.130. The Bertz CT molecular complexity index is 3720. The topological polar surface area (TPSA) is 17.8 Å². The Hall–Kier alpha value is -6.25. The smallest absolute Gasteiger partial charge is 0.145 e. The summed E-state index contributed by atoms with van der Waals surface area (Å²) in [7, 11) is 0. The Morgan fingerprint density at radius 2 is 0.957 bits per heavy atom. The van der Waals surface area contributed by atoms with E-state index < -0.39 is 177 Å². The third-order valence-electron chi connectivity index (χ3n) is 7.70. The highest BCUT2D eigenvalue weighted by molar-refractivity contribution is 6.21. The lowest BCUT2D eigenvalue weighted by atomic mass is 9.85. The summed E-state index contributed by atoms with van der Waals surface area (Å²) in [6.45, 7) is 0. The number of para-hydroxylation sites is 3. The molecule has 0 aliphatic carbocycles. The fourth-order valence-corrected chi connectivity index (χ4v) is 5.70. The molecule has 0 radical (unpaired) electrons. The van der Waals surface area contributed by atoms with Crippen molar-refractivity contribution in [2.24, 2.45) is 0 Å². The Balaban J connectivity index is 1.45. The van der Waals surface area contributed by atoms with Crippen molar-refractivity contribution in [3.8, 4) is 50.5 Å². The molecule has 0 aliphatic heterocycles. The molecule has 0 amide bonds. The highest BCUT2D eigenvalue weighted by Gasteiger charge is 2.18. The first kappa shape index (κ1) is 12.9. The summed E-state index contributed by atoms with van der Waals surface area (Å²) in [6.07, 6.45) is 0. The van der Waals surface area contributed by atoms with Gasteiger partial charge in [0.2, 0.25) is 0 Å². The summed E-state index contributed by atoms with van der Waals surface area (Å²) in [4.78, 5) is 4.74. The van der Waals surface area contributed by atoms with Crippen molar-refractivity contribution in [3.63, 3.8) is 0 Å². The van der Waals surface area contributed by atoms with Gasteiger partial charge in [-0.15, -0.1) is 0 Å². The van der Waals surface area contributed by atoms with Gasteiger partial charge in [-0.1, -0.05) is 151 Å². The minimum absolute atomic E-state index is 0.0704. The van der Waals surface area contributed by atoms with Crippen LogP contribution in [0.5, 0.6) is 0 Å². The van der Waals surface area contributed by atoms with Gasteiger partial charge in [-0.3, -0.25) is 4.57 Å². The SMILES string of the molecule is [2H]c1c([2H])c([2H])c(-c2c3c([2H])c([2H])c([2H])c([2H])c3c(-c3c([2H])c([2H])c([2H])c([2H])c3[2H])c3c([2H])c(-c4ccc(-c5nc6ccccc6n5-c5c([2H])c([2H])c([2H])c([2H])c5[2H])cc4)c([2H])c([2H])c23)c([2H])c1[2H]. The first-order valence-corrected chi connectivity index (χ1v) is 14.3. The van der Waals surface area contributed by atoms with Gasteiger partial charge in [0, 0.05) is 11.3 Å². The van der Waals surface area contributed by atoms with E-state index in [4.69, 9.17) is 28.3 Å². The predicted octanol–water partition coefficient (Wildman–Crippen LogP) is 12.0. The van der Waals surface area contributed by atoms with Gasteiger partial charge in [0.15, 0.2) is 0 Å². The van der Waals surface area contributed by atoms with E-state index in [2.05, 4.69) is 0 Å². The van der Waals surface area contributed by atoms with Crippen LogP contribution in [0.1, 0.15) is 30.2 Å². The standard InChI is InChI=1S/C45H30N2/c1-4-14-32(15-5-1)43-37-20-10-11-21-38(37)44(33-16-6-2-7-17-33)40-30-35(28-29-39(40)43)31-24-26-34(27-25-31)45-46-41-22-12-13-23-42(41)47(45)36-18-8-3-9-19-36/h1-30H/i1D,2D,3D,4D,5D,6D,7D,8D,9D,10D,11D,14D,15D,16D,17D,18D,19D,20D,21D,28D,29D,30D. The summed E-state index contributed by atoms with van der Waals surface area (Å²) in [5.41, 5.74) is -1.71. The maximum atomic E-state index is 9.96. The number of nitrogens with zero attached hydrogens (tertiary/aromatic N) is 2. The molecule has 9 aromatic rings. The van der Waals surface area contributed by atoms with Crippen molar-refractivity contribution in [2.75, 3.05) is 0 Å². The zero-order valence-corrected chi connectivity index (χ0v) is 24.0. The van der Waals surface area contributed by atoms with Gasteiger partial charge in [0.25, 0.3) is 0 Å². The summed E-state index contributed by atoms with van der Waals surface area (Å²) < 4.78 is 196. The minimum atomic E-state index is -0.868. The van der Waals surface area contributed by atoms with E-state index in [9.17, 15) is 6.85 Å². The summed E-state index contributed by atoms with van der Waals surface area (Å²) in [5, 5.41) is -2.18. The lowest BCUT2D eigenvalue weighted by Crippen LogP contribution is -1.97. The molecule has 2 heteroatoms. The predicted molar refractivity (Wildman–Crippen MR) is 198 cm³/mol. The molecule has 0 unspecified atom stereocenters. The number of benzene rings is 8. The normalized spacial score (nSPS) is 18.0. The van der Waals surface area contributed by atoms with Gasteiger partial charge in [0.1, 0.15) is 5.82 Å². The van der Waals surface area contributed by atoms with Crippen LogP contribution in [0.4, 0.5) is 0 Å². The Labute approximate surface area is 304 Å². The molecular weight excluding hydrogens is 569 g/mol. The molecule has 0 bridgehead atoms. The van der Waals surface area contributed by atoms with E-state index in [0.717, 1.165) is 0 Å². The van der Waals surface area contributed by atoms with Crippen molar-refractivity contribution < 1.29 is 30.2 Å². The second kappa shape index (κ2) is 11.3. The number of hydrogen-bond donors (Lipinski definition) is 0. The first-order chi connectivity index (χ1) is 32.5. The van der Waals surface area contributed by atoms with Gasteiger partial charge in [-0.05, 0) is 85.2 Å². The maximum Gasteiger partial charge on any atom is 0.145 e. The quantitative estimate of drug-likeness (QED) is 0.175. The number of imidazole rings is 1. The summed E-state index contributed by atoms with van der Waals surface area (Å²) >= 11 is 0. The average Bonchev–Trinajstić information content (AvgIpc) is 3.72. The van der Waals surface area contributed by atoms with Gasteiger partial charge in [0.05, 0.1) is 41.2 Å². The van der Waals surface area contributed by atoms with E-state index in [0.29, 0.717) is 16.6 Å². The Morgan fingerprint density at radius 3 is 1.62 bits per heavy atom. The molecule has 0 atom stereocenters. The van der Waals surface area contributed by atoms with Crippen LogP contribution in [-0.2, 0) is 0 Å². The Kier molecular flexibility index (Phi) is 3.09. The van der Waals surface area contributed by atoms with E-state index in [1.54, 1.807) is 24.3 Å². The average molecular weight is 621 g/mol. The van der Waals surface area contributed by atoms with Crippen LogP contribution in [-0.4, -0.2) is 9.55 Å². The molecular formula is C45H30N2. The van der Waals surface area contributed by atoms with Gasteiger partial charge in [-0.25, -0.2) is 4.98 Å². The fourth-order valence-electron chi connectivity index (χ4n) is 5.70. The van der Waals surface area contributed by atoms with E-state index in [1.165, 1.54) is 28.8 Å². The monoisotopic (exact) mass is 620 g/mol. The maximum absolute atomic E-state index is 9.96. The highest BCUT2D eigenvalue weighted by atomic mass is 15.1. The van der Waals surface area contributed by atoms with Crippen LogP contribution in [0.3, 0.4) is 0 Å². The fraction of sp³-hybridized carbons (Fsp3) is 0. The lowest BCUT2D eigenvalue weighted by Gasteiger charge is -2.18. The number of fused-ring (bicyclic) bond motifs is 3. The van der Waals surface area contributed by atoms with Crippen molar-refractivity contribution in [1.29, 1.82) is 0 Å². The van der Waals surface area contributed by atoms with Gasteiger partial charge >= 0.3 is 0 Å². The second-order valence-electron chi connectivity index (χ2n) is 10.3. The third-order valence-corrected chi connectivity index (χ3v) is 7.70. The molecule has 1 heterocycles. The molecule has 2 nitrogen and oxygen atoms in total. The molecule has 0 fully saturated rings. The van der Waals surface area contributed by atoms with Crippen LogP contribution >= 0.6 is 0 Å². The molecule has 8 aromatic carbocycles. The zero-order chi connectivity index (χ0) is 50.3. The van der Waals surface area contributed by atoms with Gasteiger partial charge in [-0.2, -0.15) is 0 Å². The van der Waals surface area contributed by atoms with Crippen LogP contribution in [0.2, 0.25) is 0 Å². The molecule has 1 aromatic heterocycles. The van der Waals surface area contributed by atoms with Crippen LogP contribution in [0, 0.1) is 0 Å². The first-order valence-electron chi connectivity index (χ1n) is 25.3. The summed E-state index contributed by atoms with van der Waals surface area (Å²) in [6, 6.07) is -4.30. The third kappa shape index (κ3) is 4.62. The molecule has 0 spiro atoms. The highest BCUT2D eigenvalue weighted by Crippen LogP contribution is 2.44.